The average Bonchev–Trinajstić information content (AvgIpc) is 3.12. The van der Waals surface area contributed by atoms with Gasteiger partial charge < -0.3 is 24.3 Å². The van der Waals surface area contributed by atoms with Crippen molar-refractivity contribution in [3.05, 3.63) is 35.6 Å². The molecule has 0 atom stereocenters. The van der Waals surface area contributed by atoms with Crippen molar-refractivity contribution in [2.45, 2.75) is 33.2 Å². The number of guanidine groups is 1. The molecule has 2 aromatic rings. The van der Waals surface area contributed by atoms with Crippen LogP contribution in [0.5, 0.6) is 0 Å². The highest BCUT2D eigenvalue weighted by Gasteiger charge is 2.30. The van der Waals surface area contributed by atoms with Crippen LogP contribution in [0.25, 0.3) is 11.0 Å². The predicted molar refractivity (Wildman–Crippen MR) is 117 cm³/mol. The van der Waals surface area contributed by atoms with Gasteiger partial charge in [-0.25, -0.2) is 4.99 Å². The van der Waals surface area contributed by atoms with E-state index in [9.17, 15) is 4.79 Å². The molecule has 0 radical (unpaired) electrons. The van der Waals surface area contributed by atoms with Crippen LogP contribution in [-0.4, -0.2) is 67.6 Å². The van der Waals surface area contributed by atoms with Crippen molar-refractivity contribution in [3.63, 3.8) is 0 Å². The number of fused-ring (bicyclic) bond motifs is 1. The molecule has 0 unspecified atom stereocenters. The van der Waals surface area contributed by atoms with Gasteiger partial charge in [-0.1, -0.05) is 18.2 Å². The smallest absolute Gasteiger partial charge is 0.225 e. The largest absolute Gasteiger partial charge is 0.459 e. The van der Waals surface area contributed by atoms with E-state index in [-0.39, 0.29) is 11.8 Å². The third-order valence-corrected chi connectivity index (χ3v) is 6.12. The summed E-state index contributed by atoms with van der Waals surface area (Å²) in [6.45, 7) is 9.92. The Morgan fingerprint density at radius 2 is 1.87 bits per heavy atom. The minimum absolute atomic E-state index is 0.111. The van der Waals surface area contributed by atoms with Gasteiger partial charge in [-0.2, -0.15) is 0 Å². The second kappa shape index (κ2) is 9.51. The minimum atomic E-state index is 0.111. The molecule has 162 valence electrons. The number of carbonyl (C=O) groups excluding carboxylic acids is 1. The molecule has 2 fully saturated rings. The molecule has 4 rings (SSSR count). The lowest BCUT2D eigenvalue weighted by molar-refractivity contribution is -0.140. The molecule has 30 heavy (non-hydrogen) atoms. The zero-order valence-electron chi connectivity index (χ0n) is 18.0. The zero-order chi connectivity index (χ0) is 20.9. The topological polar surface area (TPSA) is 70.3 Å². The average molecular weight is 413 g/mol. The fourth-order valence-corrected chi connectivity index (χ4v) is 4.33. The number of aryl methyl sites for hydroxylation is 1. The summed E-state index contributed by atoms with van der Waals surface area (Å²) in [5, 5.41) is 4.55. The molecule has 0 spiro atoms. The summed E-state index contributed by atoms with van der Waals surface area (Å²) in [6, 6.07) is 8.11. The number of nitrogens with one attached hydrogen (secondary N) is 1. The lowest BCUT2D eigenvalue weighted by Crippen LogP contribution is -2.50. The Balaban J connectivity index is 1.39. The van der Waals surface area contributed by atoms with Crippen LogP contribution in [0.15, 0.2) is 33.7 Å². The number of ether oxygens (including phenoxy) is 1. The summed E-state index contributed by atoms with van der Waals surface area (Å²) in [5.74, 6) is 2.20. The van der Waals surface area contributed by atoms with Crippen molar-refractivity contribution in [2.24, 2.45) is 10.9 Å². The molecule has 7 heteroatoms. The third-order valence-electron chi connectivity index (χ3n) is 6.12. The highest BCUT2D eigenvalue weighted by molar-refractivity contribution is 5.83. The number of carbonyl (C=O) groups is 1. The van der Waals surface area contributed by atoms with Gasteiger partial charge in [0.25, 0.3) is 0 Å². The Kier molecular flexibility index (Phi) is 6.57. The number of piperidine rings is 1. The summed E-state index contributed by atoms with van der Waals surface area (Å²) < 4.78 is 11.4. The number of aliphatic imine (C=N–C) groups is 1. The maximum absolute atomic E-state index is 12.8. The first-order valence-electron chi connectivity index (χ1n) is 11.0. The van der Waals surface area contributed by atoms with Crippen molar-refractivity contribution in [3.8, 4) is 0 Å². The van der Waals surface area contributed by atoms with E-state index in [1.165, 1.54) is 0 Å². The number of furan rings is 1. The van der Waals surface area contributed by atoms with Crippen LogP contribution >= 0.6 is 0 Å². The normalized spacial score (nSPS) is 18.8. The maximum atomic E-state index is 12.8. The number of hydrogen-bond donors (Lipinski definition) is 1. The molecule has 2 aliphatic rings. The molecule has 2 aliphatic heterocycles. The van der Waals surface area contributed by atoms with E-state index in [2.05, 4.69) is 30.1 Å². The number of morpholine rings is 1. The quantitative estimate of drug-likeness (QED) is 0.618. The summed E-state index contributed by atoms with van der Waals surface area (Å²) in [7, 11) is 0. The molecular formula is C23H32N4O3. The minimum Gasteiger partial charge on any atom is -0.459 e. The van der Waals surface area contributed by atoms with Crippen LogP contribution in [0.3, 0.4) is 0 Å². The molecule has 7 nitrogen and oxygen atoms in total. The van der Waals surface area contributed by atoms with Crippen molar-refractivity contribution in [1.82, 2.24) is 15.1 Å². The van der Waals surface area contributed by atoms with Gasteiger partial charge in [-0.3, -0.25) is 4.79 Å². The van der Waals surface area contributed by atoms with Crippen LogP contribution in [0.1, 0.15) is 31.1 Å². The van der Waals surface area contributed by atoms with Crippen molar-refractivity contribution < 1.29 is 13.9 Å². The second-order valence-electron chi connectivity index (χ2n) is 8.02. The van der Waals surface area contributed by atoms with Crippen molar-refractivity contribution >= 4 is 22.8 Å². The van der Waals surface area contributed by atoms with Gasteiger partial charge in [0.05, 0.1) is 13.2 Å². The van der Waals surface area contributed by atoms with E-state index < -0.39 is 0 Å². The van der Waals surface area contributed by atoms with Crippen LogP contribution in [-0.2, 0) is 16.1 Å². The number of para-hydroxylation sites is 1. The van der Waals surface area contributed by atoms with Gasteiger partial charge in [0, 0.05) is 49.6 Å². The molecule has 1 aromatic heterocycles. The van der Waals surface area contributed by atoms with E-state index in [0.29, 0.717) is 19.8 Å². The van der Waals surface area contributed by atoms with E-state index in [4.69, 9.17) is 14.1 Å². The Morgan fingerprint density at radius 1 is 1.13 bits per heavy atom. The summed E-state index contributed by atoms with van der Waals surface area (Å²) >= 11 is 0. The Bertz CT molecular complexity index is 893. The van der Waals surface area contributed by atoms with Gasteiger partial charge >= 0.3 is 0 Å². The van der Waals surface area contributed by atoms with Crippen LogP contribution in [0.4, 0.5) is 0 Å². The van der Waals surface area contributed by atoms with Crippen molar-refractivity contribution in [2.75, 3.05) is 45.9 Å². The second-order valence-corrected chi connectivity index (χ2v) is 8.02. The molecule has 1 amide bonds. The number of benzene rings is 1. The summed E-state index contributed by atoms with van der Waals surface area (Å²) in [5.41, 5.74) is 2.06. The number of hydrogen-bond acceptors (Lipinski definition) is 4. The van der Waals surface area contributed by atoms with Gasteiger partial charge in [0.1, 0.15) is 17.9 Å². The molecule has 1 N–H and O–H groups in total. The highest BCUT2D eigenvalue weighted by Crippen LogP contribution is 2.26. The molecule has 0 bridgehead atoms. The lowest BCUT2D eigenvalue weighted by Gasteiger charge is -2.36. The van der Waals surface area contributed by atoms with Gasteiger partial charge in [0.15, 0.2) is 5.96 Å². The number of nitrogens with zero attached hydrogens (tertiary/aromatic N) is 3. The van der Waals surface area contributed by atoms with Crippen LogP contribution < -0.4 is 5.32 Å². The fraction of sp³-hybridized carbons (Fsp3) is 0.565. The first kappa shape index (κ1) is 20.7. The fourth-order valence-electron chi connectivity index (χ4n) is 4.33. The molecular weight excluding hydrogens is 380 g/mol. The number of amides is 1. The van der Waals surface area contributed by atoms with E-state index in [1.807, 2.05) is 23.1 Å². The standard InChI is InChI=1S/C23H32N4O3/c1-3-24-23(25-16-21-17(2)19-6-4-5-7-20(19)30-21)27-10-8-18(9-11-27)22(28)26-12-14-29-15-13-26/h4-7,18H,3,8-16H2,1-2H3,(H,24,25). The molecule has 0 aliphatic carbocycles. The zero-order valence-corrected chi connectivity index (χ0v) is 18.0. The monoisotopic (exact) mass is 412 g/mol. The highest BCUT2D eigenvalue weighted by atomic mass is 16.5. The summed E-state index contributed by atoms with van der Waals surface area (Å²) in [6.07, 6.45) is 1.73. The third kappa shape index (κ3) is 4.46. The van der Waals surface area contributed by atoms with Gasteiger partial charge in [0.2, 0.25) is 5.91 Å². The molecule has 1 aromatic carbocycles. The molecule has 3 heterocycles. The first-order chi connectivity index (χ1) is 14.7. The SMILES string of the molecule is CCNC(=NCc1oc2ccccc2c1C)N1CCC(C(=O)N2CCOCC2)CC1. The molecule has 0 saturated carbocycles. The van der Waals surface area contributed by atoms with Crippen LogP contribution in [0.2, 0.25) is 0 Å². The Morgan fingerprint density at radius 3 is 2.57 bits per heavy atom. The van der Waals surface area contributed by atoms with Crippen LogP contribution in [0, 0.1) is 12.8 Å². The van der Waals surface area contributed by atoms with E-state index in [1.54, 1.807) is 0 Å². The van der Waals surface area contributed by atoms with E-state index >= 15 is 0 Å². The van der Waals surface area contributed by atoms with Crippen molar-refractivity contribution in [1.29, 1.82) is 0 Å². The predicted octanol–water partition coefficient (Wildman–Crippen LogP) is 2.78. The number of rotatable bonds is 4. The summed E-state index contributed by atoms with van der Waals surface area (Å²) in [4.78, 5) is 21.9. The Hall–Kier alpha value is -2.54. The maximum Gasteiger partial charge on any atom is 0.225 e. The van der Waals surface area contributed by atoms with E-state index in [0.717, 1.165) is 73.8 Å². The lowest BCUT2D eigenvalue weighted by atomic mass is 9.95. The first-order valence-corrected chi connectivity index (χ1v) is 11.0. The number of likely N-dealkylation sites (tertiary alicyclic amines) is 1. The molecule has 2 saturated heterocycles. The van der Waals surface area contributed by atoms with Gasteiger partial charge in [-0.15, -0.1) is 0 Å². The Labute approximate surface area is 178 Å². The van der Waals surface area contributed by atoms with Gasteiger partial charge in [-0.05, 0) is 32.8 Å².